The summed E-state index contributed by atoms with van der Waals surface area (Å²) in [5.41, 5.74) is 0.878. The first-order valence-electron chi connectivity index (χ1n) is 6.50. The van der Waals surface area contributed by atoms with E-state index in [1.54, 1.807) is 12.3 Å². The van der Waals surface area contributed by atoms with Gasteiger partial charge in [-0.3, -0.25) is 0 Å². The zero-order valence-corrected chi connectivity index (χ0v) is 11.5. The van der Waals surface area contributed by atoms with E-state index in [1.165, 1.54) is 0 Å². The van der Waals surface area contributed by atoms with E-state index in [0.29, 0.717) is 24.9 Å². The Bertz CT molecular complexity index is 571. The molecule has 5 heteroatoms. The second kappa shape index (κ2) is 7.13. The van der Waals surface area contributed by atoms with E-state index in [1.807, 2.05) is 37.3 Å². The number of nitrogens with zero attached hydrogens (tertiary/aromatic N) is 2. The second-order valence-electron chi connectivity index (χ2n) is 3.99. The first-order valence-corrected chi connectivity index (χ1v) is 6.50. The van der Waals surface area contributed by atoms with E-state index in [-0.39, 0.29) is 0 Å². The van der Waals surface area contributed by atoms with Crippen LogP contribution in [0.4, 0.5) is 17.5 Å². The van der Waals surface area contributed by atoms with Crippen molar-refractivity contribution in [2.75, 3.05) is 23.8 Å². The van der Waals surface area contributed by atoms with Crippen LogP contribution >= 0.6 is 0 Å². The second-order valence-corrected chi connectivity index (χ2v) is 3.99. The monoisotopic (exact) mass is 270 g/mol. The lowest BCUT2D eigenvalue weighted by Crippen LogP contribution is -2.05. The van der Waals surface area contributed by atoms with Crippen molar-refractivity contribution >= 4 is 17.5 Å². The Morgan fingerprint density at radius 1 is 1.30 bits per heavy atom. The van der Waals surface area contributed by atoms with Gasteiger partial charge in [-0.05, 0) is 25.1 Å². The molecule has 2 N–H and O–H groups in total. The molecule has 2 rings (SSSR count). The van der Waals surface area contributed by atoms with Gasteiger partial charge in [0.15, 0.2) is 0 Å². The molecule has 0 aliphatic rings. The van der Waals surface area contributed by atoms with Gasteiger partial charge >= 0.3 is 0 Å². The summed E-state index contributed by atoms with van der Waals surface area (Å²) in [6.45, 7) is 6.85. The molecule has 1 aromatic carbocycles. The molecule has 0 fully saturated rings. The molecule has 104 valence electrons. The van der Waals surface area contributed by atoms with E-state index < -0.39 is 0 Å². The summed E-state index contributed by atoms with van der Waals surface area (Å²) in [7, 11) is 0. The molecule has 0 aliphatic carbocycles. The number of aromatic nitrogens is 2. The Morgan fingerprint density at radius 3 is 2.95 bits per heavy atom. The number of hydrogen-bond donors (Lipinski definition) is 2. The van der Waals surface area contributed by atoms with Crippen LogP contribution in [-0.4, -0.2) is 23.1 Å². The molecular formula is C15H18N4O. The molecule has 5 nitrogen and oxygen atoms in total. The lowest BCUT2D eigenvalue weighted by molar-refractivity contribution is 0.342. The minimum atomic E-state index is 0.559. The maximum absolute atomic E-state index is 5.57. The first-order chi connectivity index (χ1) is 9.83. The Balaban J connectivity index is 2.15. The third-order valence-electron chi connectivity index (χ3n) is 2.51. The van der Waals surface area contributed by atoms with E-state index in [2.05, 4.69) is 27.2 Å². The predicted molar refractivity (Wildman–Crippen MR) is 81.6 cm³/mol. The maximum Gasteiger partial charge on any atom is 0.224 e. The van der Waals surface area contributed by atoms with Gasteiger partial charge in [-0.2, -0.15) is 4.98 Å². The van der Waals surface area contributed by atoms with Crippen molar-refractivity contribution in [1.29, 1.82) is 0 Å². The minimum Gasteiger partial charge on any atom is -0.492 e. The van der Waals surface area contributed by atoms with Crippen LogP contribution in [0.3, 0.4) is 0 Å². The average Bonchev–Trinajstić information content (AvgIpc) is 2.48. The molecule has 0 spiro atoms. The minimum absolute atomic E-state index is 0.559. The van der Waals surface area contributed by atoms with Crippen molar-refractivity contribution in [3.05, 3.63) is 49.2 Å². The van der Waals surface area contributed by atoms with Crippen LogP contribution in [0.15, 0.2) is 49.2 Å². The summed E-state index contributed by atoms with van der Waals surface area (Å²) < 4.78 is 5.57. The van der Waals surface area contributed by atoms with Gasteiger partial charge < -0.3 is 15.4 Å². The number of para-hydroxylation sites is 2. The highest BCUT2D eigenvalue weighted by Gasteiger charge is 2.04. The number of rotatable bonds is 7. The Kier molecular flexibility index (Phi) is 4.94. The van der Waals surface area contributed by atoms with Crippen LogP contribution in [0.25, 0.3) is 0 Å². The zero-order chi connectivity index (χ0) is 14.2. The topological polar surface area (TPSA) is 59.1 Å². The Hall–Kier alpha value is -2.56. The predicted octanol–water partition coefficient (Wildman–Crippen LogP) is 3.22. The van der Waals surface area contributed by atoms with Crippen molar-refractivity contribution in [1.82, 2.24) is 9.97 Å². The number of benzene rings is 1. The van der Waals surface area contributed by atoms with Crippen LogP contribution in [0, 0.1) is 0 Å². The summed E-state index contributed by atoms with van der Waals surface area (Å²) in [5.74, 6) is 2.07. The SMILES string of the molecule is C=CCNc1nccc(Nc2ccccc2OCC)n1. The van der Waals surface area contributed by atoms with Crippen LogP contribution in [0.1, 0.15) is 6.92 Å². The van der Waals surface area contributed by atoms with Crippen molar-refractivity contribution < 1.29 is 4.74 Å². The fourth-order valence-electron chi connectivity index (χ4n) is 1.67. The molecule has 1 aromatic heterocycles. The molecule has 0 amide bonds. The quantitative estimate of drug-likeness (QED) is 0.756. The lowest BCUT2D eigenvalue weighted by atomic mass is 10.3. The molecule has 0 saturated heterocycles. The molecule has 0 radical (unpaired) electrons. The number of ether oxygens (including phenoxy) is 1. The van der Waals surface area contributed by atoms with Gasteiger partial charge in [0.1, 0.15) is 11.6 Å². The van der Waals surface area contributed by atoms with E-state index >= 15 is 0 Å². The third kappa shape index (κ3) is 3.71. The summed E-state index contributed by atoms with van der Waals surface area (Å²) in [4.78, 5) is 8.51. The van der Waals surface area contributed by atoms with Crippen LogP contribution in [0.2, 0.25) is 0 Å². The van der Waals surface area contributed by atoms with Gasteiger partial charge in [0.2, 0.25) is 5.95 Å². The Morgan fingerprint density at radius 2 is 2.15 bits per heavy atom. The molecule has 0 aliphatic heterocycles. The summed E-state index contributed by atoms with van der Waals surface area (Å²) in [6, 6.07) is 9.56. The van der Waals surface area contributed by atoms with Crippen molar-refractivity contribution in [2.24, 2.45) is 0 Å². The highest BCUT2D eigenvalue weighted by atomic mass is 16.5. The average molecular weight is 270 g/mol. The van der Waals surface area contributed by atoms with Gasteiger partial charge in [0, 0.05) is 12.7 Å². The van der Waals surface area contributed by atoms with Crippen LogP contribution in [0.5, 0.6) is 5.75 Å². The smallest absolute Gasteiger partial charge is 0.224 e. The summed E-state index contributed by atoms with van der Waals surface area (Å²) >= 11 is 0. The fraction of sp³-hybridized carbons (Fsp3) is 0.200. The molecule has 0 bridgehead atoms. The van der Waals surface area contributed by atoms with Gasteiger partial charge in [-0.15, -0.1) is 6.58 Å². The molecule has 1 heterocycles. The number of nitrogens with one attached hydrogen (secondary N) is 2. The molecule has 0 unspecified atom stereocenters. The maximum atomic E-state index is 5.57. The molecule has 0 atom stereocenters. The van der Waals surface area contributed by atoms with Crippen molar-refractivity contribution in [3.63, 3.8) is 0 Å². The van der Waals surface area contributed by atoms with Gasteiger partial charge in [0.05, 0.1) is 12.3 Å². The van der Waals surface area contributed by atoms with Crippen LogP contribution in [-0.2, 0) is 0 Å². The highest BCUT2D eigenvalue weighted by molar-refractivity contribution is 5.64. The molecule has 20 heavy (non-hydrogen) atoms. The largest absolute Gasteiger partial charge is 0.492 e. The molecule has 0 saturated carbocycles. The summed E-state index contributed by atoms with van der Waals surface area (Å²) in [6.07, 6.45) is 3.46. The number of hydrogen-bond acceptors (Lipinski definition) is 5. The van der Waals surface area contributed by atoms with Gasteiger partial charge in [-0.25, -0.2) is 4.98 Å². The van der Waals surface area contributed by atoms with Gasteiger partial charge in [-0.1, -0.05) is 18.2 Å². The standard InChI is InChI=1S/C15H18N4O/c1-3-10-16-15-17-11-9-14(19-15)18-12-7-5-6-8-13(12)20-4-2/h3,5-9,11H,1,4,10H2,2H3,(H2,16,17,18,19). The Labute approximate surface area is 118 Å². The van der Waals surface area contributed by atoms with E-state index in [9.17, 15) is 0 Å². The van der Waals surface area contributed by atoms with E-state index in [0.717, 1.165) is 11.4 Å². The fourth-order valence-corrected chi connectivity index (χ4v) is 1.67. The van der Waals surface area contributed by atoms with Crippen molar-refractivity contribution in [2.45, 2.75) is 6.92 Å². The number of anilines is 3. The summed E-state index contributed by atoms with van der Waals surface area (Å²) in [5, 5.41) is 6.28. The highest BCUT2D eigenvalue weighted by Crippen LogP contribution is 2.26. The van der Waals surface area contributed by atoms with Crippen molar-refractivity contribution in [3.8, 4) is 5.75 Å². The van der Waals surface area contributed by atoms with Crippen LogP contribution < -0.4 is 15.4 Å². The third-order valence-corrected chi connectivity index (χ3v) is 2.51. The first kappa shape index (κ1) is 13.9. The molecule has 2 aromatic rings. The zero-order valence-electron chi connectivity index (χ0n) is 11.5. The van der Waals surface area contributed by atoms with Gasteiger partial charge in [0.25, 0.3) is 0 Å². The normalized spacial score (nSPS) is 9.85. The molecular weight excluding hydrogens is 252 g/mol. The van der Waals surface area contributed by atoms with E-state index in [4.69, 9.17) is 4.74 Å². The lowest BCUT2D eigenvalue weighted by Gasteiger charge is -2.12.